The molecule has 0 bridgehead atoms. The lowest BCUT2D eigenvalue weighted by molar-refractivity contribution is -0.118. The number of aromatic nitrogens is 4. The highest BCUT2D eigenvalue weighted by molar-refractivity contribution is 5.90. The van der Waals surface area contributed by atoms with Gasteiger partial charge in [0.15, 0.2) is 6.61 Å². The van der Waals surface area contributed by atoms with Crippen molar-refractivity contribution in [1.82, 2.24) is 20.2 Å². The predicted molar refractivity (Wildman–Crippen MR) is 78.1 cm³/mol. The molecule has 0 atom stereocenters. The molecule has 0 fully saturated rings. The van der Waals surface area contributed by atoms with Crippen molar-refractivity contribution in [2.24, 2.45) is 0 Å². The number of carbonyl (C=O) groups is 1. The Bertz CT molecular complexity index is 651. The molecule has 1 aromatic heterocycles. The van der Waals surface area contributed by atoms with E-state index in [1.165, 1.54) is 4.80 Å². The topological polar surface area (TPSA) is 81.9 Å². The van der Waals surface area contributed by atoms with E-state index in [-0.39, 0.29) is 18.5 Å². The number of allylic oxidation sites excluding steroid dienone is 1. The predicted octanol–water partition coefficient (Wildman–Crippen LogP) is 1.49. The summed E-state index contributed by atoms with van der Waals surface area (Å²) in [6, 6.07) is 5.77. The molecule has 110 valence electrons. The summed E-state index contributed by atoms with van der Waals surface area (Å²) in [4.78, 5) is 13.1. The van der Waals surface area contributed by atoms with Crippen LogP contribution in [-0.2, 0) is 11.3 Å². The molecule has 21 heavy (non-hydrogen) atoms. The van der Waals surface area contributed by atoms with E-state index < -0.39 is 0 Å². The van der Waals surface area contributed by atoms with Crippen LogP contribution in [0.15, 0.2) is 30.9 Å². The number of anilines is 1. The van der Waals surface area contributed by atoms with Crippen LogP contribution in [0, 0.1) is 13.8 Å². The summed E-state index contributed by atoms with van der Waals surface area (Å²) < 4.78 is 5.47. The first-order valence-corrected chi connectivity index (χ1v) is 6.47. The van der Waals surface area contributed by atoms with Crippen LogP contribution in [0.4, 0.5) is 5.95 Å². The minimum atomic E-state index is -0.340. The van der Waals surface area contributed by atoms with Crippen LogP contribution >= 0.6 is 0 Å². The van der Waals surface area contributed by atoms with Crippen LogP contribution in [0.2, 0.25) is 0 Å². The standard InChI is InChI=1S/C14H17N5O2/c1-4-7-19-17-14(16-18-19)15-13(20)9-21-12-6-5-10(2)8-11(12)3/h4-6,8H,1,7,9H2,2-3H3,(H,15,17,20). The summed E-state index contributed by atoms with van der Waals surface area (Å²) in [7, 11) is 0. The van der Waals surface area contributed by atoms with Crippen LogP contribution in [0.5, 0.6) is 5.75 Å². The van der Waals surface area contributed by atoms with E-state index in [9.17, 15) is 4.79 Å². The molecule has 0 aliphatic rings. The average Bonchev–Trinajstić information content (AvgIpc) is 2.85. The normalized spacial score (nSPS) is 10.2. The number of carbonyl (C=O) groups excluding carboxylic acids is 1. The van der Waals surface area contributed by atoms with Crippen LogP contribution in [-0.4, -0.2) is 32.7 Å². The smallest absolute Gasteiger partial charge is 0.270 e. The number of amides is 1. The third kappa shape index (κ3) is 4.13. The van der Waals surface area contributed by atoms with E-state index in [2.05, 4.69) is 27.3 Å². The summed E-state index contributed by atoms with van der Waals surface area (Å²) in [5.41, 5.74) is 2.13. The van der Waals surface area contributed by atoms with Gasteiger partial charge in [-0.25, -0.2) is 0 Å². The molecule has 2 rings (SSSR count). The molecule has 0 saturated carbocycles. The first-order chi connectivity index (χ1) is 10.1. The number of nitrogens with zero attached hydrogens (tertiary/aromatic N) is 4. The molecule has 0 unspecified atom stereocenters. The molecular weight excluding hydrogens is 270 g/mol. The Balaban J connectivity index is 1.87. The van der Waals surface area contributed by atoms with E-state index in [0.29, 0.717) is 12.3 Å². The van der Waals surface area contributed by atoms with Gasteiger partial charge in [0.25, 0.3) is 11.9 Å². The van der Waals surface area contributed by atoms with Crippen LogP contribution in [0.25, 0.3) is 0 Å². The second kappa shape index (κ2) is 6.65. The highest BCUT2D eigenvalue weighted by atomic mass is 16.5. The average molecular weight is 287 g/mol. The summed E-state index contributed by atoms with van der Waals surface area (Å²) in [5.74, 6) is 0.484. The fraction of sp³-hybridized carbons (Fsp3) is 0.286. The third-order valence-electron chi connectivity index (χ3n) is 2.69. The minimum Gasteiger partial charge on any atom is -0.483 e. The maximum absolute atomic E-state index is 11.8. The summed E-state index contributed by atoms with van der Waals surface area (Å²) >= 11 is 0. The van der Waals surface area contributed by atoms with E-state index in [4.69, 9.17) is 4.74 Å². The van der Waals surface area contributed by atoms with Crippen LogP contribution < -0.4 is 10.1 Å². The number of rotatable bonds is 6. The molecule has 1 heterocycles. The molecule has 1 N–H and O–H groups in total. The van der Waals surface area contributed by atoms with E-state index >= 15 is 0 Å². The maximum atomic E-state index is 11.8. The molecule has 0 spiro atoms. The highest BCUT2D eigenvalue weighted by Crippen LogP contribution is 2.18. The maximum Gasteiger partial charge on any atom is 0.270 e. The molecule has 1 aromatic carbocycles. The van der Waals surface area contributed by atoms with E-state index in [1.54, 1.807) is 6.08 Å². The molecule has 0 aliphatic carbocycles. The molecule has 1 amide bonds. The van der Waals surface area contributed by atoms with Gasteiger partial charge in [0, 0.05) is 0 Å². The van der Waals surface area contributed by atoms with Crippen molar-refractivity contribution in [3.05, 3.63) is 42.0 Å². The van der Waals surface area contributed by atoms with Crippen LogP contribution in [0.3, 0.4) is 0 Å². The molecule has 7 heteroatoms. The Morgan fingerprint density at radius 2 is 2.29 bits per heavy atom. The lowest BCUT2D eigenvalue weighted by Gasteiger charge is -2.08. The zero-order valence-corrected chi connectivity index (χ0v) is 12.0. The molecule has 0 saturated heterocycles. The summed E-state index contributed by atoms with van der Waals surface area (Å²) in [6.45, 7) is 7.82. The number of benzene rings is 1. The monoisotopic (exact) mass is 287 g/mol. The van der Waals surface area contributed by atoms with Crippen molar-refractivity contribution in [3.8, 4) is 5.75 Å². The van der Waals surface area contributed by atoms with Crippen molar-refractivity contribution in [3.63, 3.8) is 0 Å². The van der Waals surface area contributed by atoms with Gasteiger partial charge >= 0.3 is 0 Å². The first kappa shape index (κ1) is 14.7. The Morgan fingerprint density at radius 3 is 3.00 bits per heavy atom. The van der Waals surface area contributed by atoms with Crippen molar-refractivity contribution >= 4 is 11.9 Å². The molecule has 0 aliphatic heterocycles. The fourth-order valence-corrected chi connectivity index (χ4v) is 1.75. The Kier molecular flexibility index (Phi) is 4.65. The zero-order chi connectivity index (χ0) is 15.2. The number of nitrogens with one attached hydrogen (secondary N) is 1. The van der Waals surface area contributed by atoms with Gasteiger partial charge in [0.05, 0.1) is 6.54 Å². The second-order valence-corrected chi connectivity index (χ2v) is 4.56. The van der Waals surface area contributed by atoms with Gasteiger partial charge in [-0.2, -0.15) is 4.80 Å². The Morgan fingerprint density at radius 1 is 1.48 bits per heavy atom. The lowest BCUT2D eigenvalue weighted by atomic mass is 10.1. The van der Waals surface area contributed by atoms with Gasteiger partial charge in [-0.05, 0) is 30.7 Å². The van der Waals surface area contributed by atoms with Gasteiger partial charge in [-0.3, -0.25) is 10.1 Å². The number of aryl methyl sites for hydroxylation is 2. The molecular formula is C14H17N5O2. The van der Waals surface area contributed by atoms with Crippen molar-refractivity contribution in [1.29, 1.82) is 0 Å². The lowest BCUT2D eigenvalue weighted by Crippen LogP contribution is -2.21. The van der Waals surface area contributed by atoms with Gasteiger partial charge in [-0.15, -0.1) is 11.7 Å². The van der Waals surface area contributed by atoms with E-state index in [1.807, 2.05) is 32.0 Å². The van der Waals surface area contributed by atoms with Crippen molar-refractivity contribution in [2.75, 3.05) is 11.9 Å². The van der Waals surface area contributed by atoms with Gasteiger partial charge in [0.2, 0.25) is 0 Å². The minimum absolute atomic E-state index is 0.111. The van der Waals surface area contributed by atoms with Crippen molar-refractivity contribution in [2.45, 2.75) is 20.4 Å². The quantitative estimate of drug-likeness (QED) is 0.814. The summed E-state index contributed by atoms with van der Waals surface area (Å²) in [5, 5.41) is 13.9. The van der Waals surface area contributed by atoms with Crippen LogP contribution in [0.1, 0.15) is 11.1 Å². The van der Waals surface area contributed by atoms with Crippen molar-refractivity contribution < 1.29 is 9.53 Å². The second-order valence-electron chi connectivity index (χ2n) is 4.56. The van der Waals surface area contributed by atoms with Gasteiger partial charge in [-0.1, -0.05) is 28.9 Å². The summed E-state index contributed by atoms with van der Waals surface area (Å²) in [6.07, 6.45) is 1.64. The van der Waals surface area contributed by atoms with Gasteiger partial charge in [0.1, 0.15) is 5.75 Å². The fourth-order valence-electron chi connectivity index (χ4n) is 1.75. The highest BCUT2D eigenvalue weighted by Gasteiger charge is 2.09. The van der Waals surface area contributed by atoms with E-state index in [0.717, 1.165) is 11.1 Å². The number of hydrogen-bond acceptors (Lipinski definition) is 5. The zero-order valence-electron chi connectivity index (χ0n) is 12.0. The first-order valence-electron chi connectivity index (χ1n) is 6.47. The Labute approximate surface area is 122 Å². The largest absolute Gasteiger partial charge is 0.483 e. The molecule has 0 radical (unpaired) electrons. The number of hydrogen-bond donors (Lipinski definition) is 1. The molecule has 7 nitrogen and oxygen atoms in total. The Hall–Kier alpha value is -2.70. The third-order valence-corrected chi connectivity index (χ3v) is 2.69. The number of ether oxygens (including phenoxy) is 1. The van der Waals surface area contributed by atoms with Gasteiger partial charge < -0.3 is 4.74 Å². The molecule has 2 aromatic rings. The SMILES string of the molecule is C=CCn1nnc(NC(=O)COc2ccc(C)cc2C)n1. The number of tetrazole rings is 1.